The lowest BCUT2D eigenvalue weighted by atomic mass is 10.1. The summed E-state index contributed by atoms with van der Waals surface area (Å²) in [6, 6.07) is 6.17. The second-order valence-corrected chi connectivity index (χ2v) is 9.76. The van der Waals surface area contributed by atoms with Crippen molar-refractivity contribution in [1.82, 2.24) is 0 Å². The molecule has 0 bridgehead atoms. The summed E-state index contributed by atoms with van der Waals surface area (Å²) >= 11 is 0. The molecule has 1 unspecified atom stereocenters. The SMILES string of the molecule is CCOC(=O)C(CCP(=O)(OCC)OCC)COS(=O)(=O)c1ccc(C)cc1. The summed E-state index contributed by atoms with van der Waals surface area (Å²) in [4.78, 5) is 12.2. The molecule has 0 aliphatic heterocycles. The van der Waals surface area contributed by atoms with Crippen molar-refractivity contribution >= 4 is 23.7 Å². The van der Waals surface area contributed by atoms with Crippen molar-refractivity contribution < 1.29 is 35.7 Å². The lowest BCUT2D eigenvalue weighted by molar-refractivity contribution is -0.149. The number of ether oxygens (including phenoxy) is 1. The Morgan fingerprint density at radius 3 is 2.11 bits per heavy atom. The number of esters is 1. The molecule has 0 amide bonds. The van der Waals surface area contributed by atoms with E-state index in [0.29, 0.717) is 0 Å². The molecule has 1 aromatic carbocycles. The highest BCUT2D eigenvalue weighted by Crippen LogP contribution is 2.49. The molecule has 0 fully saturated rings. The topological polar surface area (TPSA) is 105 Å². The Morgan fingerprint density at radius 2 is 1.61 bits per heavy atom. The number of hydrogen-bond donors (Lipinski definition) is 0. The summed E-state index contributed by atoms with van der Waals surface area (Å²) in [6.07, 6.45) is -0.00830. The average Bonchev–Trinajstić information content (AvgIpc) is 2.62. The van der Waals surface area contributed by atoms with Gasteiger partial charge in [0.2, 0.25) is 0 Å². The summed E-state index contributed by atoms with van der Waals surface area (Å²) in [6.45, 7) is 6.95. The van der Waals surface area contributed by atoms with Crippen LogP contribution in [-0.2, 0) is 37.4 Å². The van der Waals surface area contributed by atoms with Gasteiger partial charge in [-0.2, -0.15) is 8.42 Å². The van der Waals surface area contributed by atoms with Crippen molar-refractivity contribution in [2.45, 2.75) is 39.0 Å². The number of carbonyl (C=O) groups is 1. The number of hydrogen-bond acceptors (Lipinski definition) is 8. The van der Waals surface area contributed by atoms with Gasteiger partial charge in [0.15, 0.2) is 0 Å². The van der Waals surface area contributed by atoms with Crippen LogP contribution in [0.1, 0.15) is 32.8 Å². The van der Waals surface area contributed by atoms with Crippen molar-refractivity contribution in [3.05, 3.63) is 29.8 Å². The van der Waals surface area contributed by atoms with Gasteiger partial charge < -0.3 is 13.8 Å². The first-order chi connectivity index (χ1) is 13.2. The van der Waals surface area contributed by atoms with Crippen LogP contribution in [0.3, 0.4) is 0 Å². The molecule has 1 rings (SSSR count). The molecular weight excluding hydrogens is 407 g/mol. The number of carbonyl (C=O) groups excluding carboxylic acids is 1. The molecule has 28 heavy (non-hydrogen) atoms. The van der Waals surface area contributed by atoms with E-state index in [-0.39, 0.29) is 37.3 Å². The summed E-state index contributed by atoms with van der Waals surface area (Å²) < 4.78 is 57.8. The zero-order valence-electron chi connectivity index (χ0n) is 16.8. The minimum absolute atomic E-state index is 0.00462. The maximum Gasteiger partial charge on any atom is 0.330 e. The molecule has 0 saturated heterocycles. The Kier molecular flexibility index (Phi) is 10.3. The Bertz CT molecular complexity index is 750. The van der Waals surface area contributed by atoms with E-state index in [4.69, 9.17) is 18.0 Å². The van der Waals surface area contributed by atoms with Crippen LogP contribution in [0.25, 0.3) is 0 Å². The van der Waals surface area contributed by atoms with Gasteiger partial charge in [-0.3, -0.25) is 13.5 Å². The van der Waals surface area contributed by atoms with Crippen molar-refractivity contribution in [2.75, 3.05) is 32.6 Å². The van der Waals surface area contributed by atoms with Crippen LogP contribution in [0, 0.1) is 12.8 Å². The third kappa shape index (κ3) is 8.01. The van der Waals surface area contributed by atoms with Gasteiger partial charge in [0, 0.05) is 0 Å². The van der Waals surface area contributed by atoms with Crippen LogP contribution in [0.2, 0.25) is 0 Å². The van der Waals surface area contributed by atoms with E-state index in [1.54, 1.807) is 32.9 Å². The van der Waals surface area contributed by atoms with Crippen LogP contribution in [0.15, 0.2) is 29.2 Å². The molecule has 8 nitrogen and oxygen atoms in total. The fourth-order valence-corrected chi connectivity index (χ4v) is 5.04. The van der Waals surface area contributed by atoms with E-state index in [2.05, 4.69) is 0 Å². The summed E-state index contributed by atoms with van der Waals surface area (Å²) in [7, 11) is -7.41. The monoisotopic (exact) mass is 436 g/mol. The average molecular weight is 436 g/mol. The number of aryl methyl sites for hydroxylation is 1. The Labute approximate surface area is 167 Å². The van der Waals surface area contributed by atoms with Crippen molar-refractivity contribution in [2.24, 2.45) is 5.92 Å². The summed E-state index contributed by atoms with van der Waals surface area (Å²) in [5.74, 6) is -1.55. The highest BCUT2D eigenvalue weighted by Gasteiger charge is 2.30. The quantitative estimate of drug-likeness (QED) is 0.263. The van der Waals surface area contributed by atoms with Crippen LogP contribution >= 0.6 is 7.60 Å². The van der Waals surface area contributed by atoms with Gasteiger partial charge in [-0.25, -0.2) is 0 Å². The van der Waals surface area contributed by atoms with Gasteiger partial charge in [-0.05, 0) is 46.2 Å². The van der Waals surface area contributed by atoms with Gasteiger partial charge in [0.25, 0.3) is 10.1 Å². The van der Waals surface area contributed by atoms with Crippen LogP contribution < -0.4 is 0 Å². The van der Waals surface area contributed by atoms with Crippen LogP contribution in [0.5, 0.6) is 0 Å². The van der Waals surface area contributed by atoms with E-state index < -0.39 is 36.2 Å². The Morgan fingerprint density at radius 1 is 1.04 bits per heavy atom. The zero-order valence-corrected chi connectivity index (χ0v) is 18.5. The van der Waals surface area contributed by atoms with Gasteiger partial charge in [0.05, 0.1) is 43.4 Å². The van der Waals surface area contributed by atoms with Gasteiger partial charge in [-0.15, -0.1) is 0 Å². The lowest BCUT2D eigenvalue weighted by Gasteiger charge is -2.20. The van der Waals surface area contributed by atoms with Gasteiger partial charge >= 0.3 is 13.6 Å². The lowest BCUT2D eigenvalue weighted by Crippen LogP contribution is -2.26. The molecule has 160 valence electrons. The van der Waals surface area contributed by atoms with Crippen LogP contribution in [-0.4, -0.2) is 47.0 Å². The molecule has 0 saturated carbocycles. The summed E-state index contributed by atoms with van der Waals surface area (Å²) in [5.41, 5.74) is 0.908. The molecule has 1 aromatic rings. The zero-order chi connectivity index (χ0) is 21.2. The second kappa shape index (κ2) is 11.7. The third-order valence-corrected chi connectivity index (χ3v) is 7.16. The highest BCUT2D eigenvalue weighted by molar-refractivity contribution is 7.86. The molecule has 0 radical (unpaired) electrons. The Balaban J connectivity index is 2.85. The molecule has 0 N–H and O–H groups in total. The number of rotatable bonds is 13. The minimum Gasteiger partial charge on any atom is -0.466 e. The van der Waals surface area contributed by atoms with Gasteiger partial charge in [-0.1, -0.05) is 17.7 Å². The number of benzene rings is 1. The molecule has 1 atom stereocenters. The highest BCUT2D eigenvalue weighted by atomic mass is 32.2. The van der Waals surface area contributed by atoms with E-state index in [0.717, 1.165) is 5.56 Å². The predicted octanol–water partition coefficient (Wildman–Crippen LogP) is 3.54. The first-order valence-corrected chi connectivity index (χ1v) is 12.3. The van der Waals surface area contributed by atoms with E-state index >= 15 is 0 Å². The fraction of sp³-hybridized carbons (Fsp3) is 0.611. The predicted molar refractivity (Wildman–Crippen MR) is 105 cm³/mol. The van der Waals surface area contributed by atoms with Crippen LogP contribution in [0.4, 0.5) is 0 Å². The first-order valence-electron chi connectivity index (χ1n) is 9.18. The maximum absolute atomic E-state index is 12.6. The third-order valence-electron chi connectivity index (χ3n) is 3.76. The first kappa shape index (κ1) is 24.8. The largest absolute Gasteiger partial charge is 0.466 e. The molecule has 0 aromatic heterocycles. The minimum atomic E-state index is -4.03. The smallest absolute Gasteiger partial charge is 0.330 e. The van der Waals surface area contributed by atoms with E-state index in [9.17, 15) is 17.8 Å². The van der Waals surface area contributed by atoms with E-state index in [1.165, 1.54) is 12.1 Å². The molecule has 10 heteroatoms. The van der Waals surface area contributed by atoms with Crippen molar-refractivity contribution in [3.8, 4) is 0 Å². The van der Waals surface area contributed by atoms with E-state index in [1.807, 2.05) is 6.92 Å². The summed E-state index contributed by atoms with van der Waals surface area (Å²) in [5, 5.41) is 0. The maximum atomic E-state index is 12.6. The fourth-order valence-electron chi connectivity index (χ4n) is 2.35. The molecule has 0 spiro atoms. The molecule has 0 heterocycles. The van der Waals surface area contributed by atoms with Crippen molar-refractivity contribution in [3.63, 3.8) is 0 Å². The van der Waals surface area contributed by atoms with Crippen molar-refractivity contribution in [1.29, 1.82) is 0 Å². The Hall–Kier alpha value is -1.25. The standard InChI is InChI=1S/C18H29O8PS/c1-5-23-18(19)16(12-13-27(20,24-6-2)25-7-3)14-26-28(21,22)17-10-8-15(4)9-11-17/h8-11,16H,5-7,12-14H2,1-4H3. The molecular formula is C18H29O8PS. The normalized spacial score (nSPS) is 13.3. The second-order valence-electron chi connectivity index (χ2n) is 5.96. The molecule has 0 aliphatic rings. The van der Waals surface area contributed by atoms with Gasteiger partial charge in [0.1, 0.15) is 0 Å². The molecule has 0 aliphatic carbocycles.